The van der Waals surface area contributed by atoms with Crippen LogP contribution in [-0.4, -0.2) is 26.3 Å². The van der Waals surface area contributed by atoms with Crippen molar-refractivity contribution in [2.24, 2.45) is 5.73 Å². The van der Waals surface area contributed by atoms with Gasteiger partial charge in [-0.3, -0.25) is 4.57 Å². The summed E-state index contributed by atoms with van der Waals surface area (Å²) in [5.74, 6) is 0. The van der Waals surface area contributed by atoms with Gasteiger partial charge in [-0.15, -0.1) is 0 Å². The molecule has 1 unspecified atom stereocenters. The topological polar surface area (TPSA) is 104 Å². The molecule has 6 heteroatoms. The van der Waals surface area contributed by atoms with Crippen LogP contribution >= 0.6 is 7.60 Å². The predicted molar refractivity (Wildman–Crippen MR) is 36.3 cm³/mol. The molecule has 0 saturated carbocycles. The second-order valence-corrected chi connectivity index (χ2v) is 4.88. The van der Waals surface area contributed by atoms with Crippen LogP contribution in [0.5, 0.6) is 0 Å². The molecule has 0 aliphatic heterocycles. The van der Waals surface area contributed by atoms with Gasteiger partial charge in [-0.1, -0.05) is 0 Å². The third kappa shape index (κ3) is 1.78. The van der Waals surface area contributed by atoms with Gasteiger partial charge in [0.25, 0.3) is 0 Å². The van der Waals surface area contributed by atoms with Crippen molar-refractivity contribution < 1.29 is 19.5 Å². The number of rotatable bonds is 2. The third-order valence-corrected chi connectivity index (χ3v) is 3.24. The van der Waals surface area contributed by atoms with E-state index in [1.807, 2.05) is 0 Å². The Morgan fingerprint density at radius 2 is 1.80 bits per heavy atom. The maximum atomic E-state index is 10.5. The van der Waals surface area contributed by atoms with E-state index in [0.29, 0.717) is 0 Å². The lowest BCUT2D eigenvalue weighted by molar-refractivity contribution is 0.129. The molecule has 0 spiro atoms. The standard InChI is InChI=1S/C4H12NO4P/c1-4(2,3(5)6)10(7,8)9/h3,6H,5H2,1-2H3,(H2,7,8,9). The maximum Gasteiger partial charge on any atom is 0.335 e. The van der Waals surface area contributed by atoms with E-state index in [2.05, 4.69) is 0 Å². The van der Waals surface area contributed by atoms with Crippen molar-refractivity contribution >= 4 is 7.60 Å². The molecule has 0 aromatic carbocycles. The summed E-state index contributed by atoms with van der Waals surface area (Å²) in [5, 5.41) is 7.14. The van der Waals surface area contributed by atoms with Gasteiger partial charge in [0.05, 0.1) is 0 Å². The molecule has 62 valence electrons. The Morgan fingerprint density at radius 1 is 1.50 bits per heavy atom. The van der Waals surface area contributed by atoms with E-state index in [1.54, 1.807) is 0 Å². The highest BCUT2D eigenvalue weighted by Gasteiger charge is 2.42. The molecule has 0 rings (SSSR count). The molecule has 0 heterocycles. The molecule has 0 radical (unpaired) electrons. The Morgan fingerprint density at radius 3 is 1.80 bits per heavy atom. The summed E-state index contributed by atoms with van der Waals surface area (Å²) in [6.45, 7) is 2.41. The van der Waals surface area contributed by atoms with Gasteiger partial charge >= 0.3 is 7.60 Å². The first-order chi connectivity index (χ1) is 4.19. The molecular formula is C4H12NO4P. The molecular weight excluding hydrogens is 157 g/mol. The van der Waals surface area contributed by atoms with Crippen molar-refractivity contribution in [3.05, 3.63) is 0 Å². The van der Waals surface area contributed by atoms with Crippen LogP contribution in [0.2, 0.25) is 0 Å². The summed E-state index contributed by atoms with van der Waals surface area (Å²) in [5.41, 5.74) is 4.92. The number of aliphatic hydroxyl groups excluding tert-OH is 1. The zero-order chi connectivity index (χ0) is 8.58. The van der Waals surface area contributed by atoms with Gasteiger partial charge in [0, 0.05) is 0 Å². The summed E-state index contributed by atoms with van der Waals surface area (Å²) in [4.78, 5) is 17.2. The zero-order valence-electron chi connectivity index (χ0n) is 5.85. The average molecular weight is 169 g/mol. The van der Waals surface area contributed by atoms with E-state index in [0.717, 1.165) is 0 Å². The second kappa shape index (κ2) is 2.60. The number of hydrogen-bond acceptors (Lipinski definition) is 3. The van der Waals surface area contributed by atoms with Gasteiger partial charge < -0.3 is 20.6 Å². The van der Waals surface area contributed by atoms with Crippen molar-refractivity contribution in [2.75, 3.05) is 0 Å². The van der Waals surface area contributed by atoms with Crippen LogP contribution in [0.1, 0.15) is 13.8 Å². The fourth-order valence-electron chi connectivity index (χ4n) is 0.172. The molecule has 5 N–H and O–H groups in total. The van der Waals surface area contributed by atoms with Gasteiger partial charge in [-0.2, -0.15) is 0 Å². The third-order valence-electron chi connectivity index (χ3n) is 1.47. The van der Waals surface area contributed by atoms with E-state index in [9.17, 15) is 4.57 Å². The van der Waals surface area contributed by atoms with Crippen LogP contribution in [0.15, 0.2) is 0 Å². The monoisotopic (exact) mass is 169 g/mol. The summed E-state index contributed by atoms with van der Waals surface area (Å²) in [6, 6.07) is 0. The average Bonchev–Trinajstić information content (AvgIpc) is 1.62. The molecule has 0 amide bonds. The largest absolute Gasteiger partial charge is 0.378 e. The van der Waals surface area contributed by atoms with E-state index in [1.165, 1.54) is 13.8 Å². The minimum Gasteiger partial charge on any atom is -0.378 e. The Bertz CT molecular complexity index is 161. The normalized spacial score (nSPS) is 17.0. The van der Waals surface area contributed by atoms with E-state index in [4.69, 9.17) is 20.6 Å². The molecule has 1 atom stereocenters. The predicted octanol–water partition coefficient (Wildman–Crippen LogP) is -0.780. The Labute approximate surface area is 59.0 Å². The molecule has 0 saturated heterocycles. The van der Waals surface area contributed by atoms with Gasteiger partial charge in [0.15, 0.2) is 0 Å². The smallest absolute Gasteiger partial charge is 0.335 e. The van der Waals surface area contributed by atoms with Crippen LogP contribution in [-0.2, 0) is 4.57 Å². The number of hydrogen-bond donors (Lipinski definition) is 4. The van der Waals surface area contributed by atoms with Crippen molar-refractivity contribution in [3.63, 3.8) is 0 Å². The number of nitrogens with two attached hydrogens (primary N) is 1. The fraction of sp³-hybridized carbons (Fsp3) is 1.00. The molecule has 10 heavy (non-hydrogen) atoms. The van der Waals surface area contributed by atoms with Gasteiger partial charge in [-0.05, 0) is 13.8 Å². The van der Waals surface area contributed by atoms with Gasteiger partial charge in [-0.25, -0.2) is 0 Å². The van der Waals surface area contributed by atoms with Gasteiger partial charge in [0.1, 0.15) is 11.4 Å². The summed E-state index contributed by atoms with van der Waals surface area (Å²) in [7, 11) is -4.30. The molecule has 0 aromatic rings. The first-order valence-corrected chi connectivity index (χ1v) is 4.30. The molecule has 0 aliphatic carbocycles. The van der Waals surface area contributed by atoms with Gasteiger partial charge in [0.2, 0.25) is 0 Å². The lowest BCUT2D eigenvalue weighted by atomic mass is 10.2. The molecule has 0 aromatic heterocycles. The zero-order valence-corrected chi connectivity index (χ0v) is 6.75. The quantitative estimate of drug-likeness (QED) is 0.320. The van der Waals surface area contributed by atoms with Crippen LogP contribution in [0.4, 0.5) is 0 Å². The molecule has 5 nitrogen and oxygen atoms in total. The minimum absolute atomic E-state index is 1.21. The van der Waals surface area contributed by atoms with Crippen molar-refractivity contribution in [3.8, 4) is 0 Å². The van der Waals surface area contributed by atoms with Crippen molar-refractivity contribution in [2.45, 2.75) is 25.2 Å². The summed E-state index contributed by atoms with van der Waals surface area (Å²) in [6.07, 6.45) is -1.51. The maximum absolute atomic E-state index is 10.5. The van der Waals surface area contributed by atoms with Crippen LogP contribution in [0.25, 0.3) is 0 Å². The van der Waals surface area contributed by atoms with Crippen LogP contribution in [0.3, 0.4) is 0 Å². The first kappa shape index (κ1) is 10.1. The highest BCUT2D eigenvalue weighted by atomic mass is 31.2. The fourth-order valence-corrected chi connectivity index (χ4v) is 0.517. The number of aliphatic hydroxyl groups is 1. The molecule has 0 aliphatic rings. The van der Waals surface area contributed by atoms with Crippen molar-refractivity contribution in [1.29, 1.82) is 0 Å². The Kier molecular flexibility index (Phi) is 2.62. The minimum atomic E-state index is -4.30. The second-order valence-electron chi connectivity index (χ2n) is 2.64. The van der Waals surface area contributed by atoms with Crippen LogP contribution in [0, 0.1) is 0 Å². The van der Waals surface area contributed by atoms with Crippen molar-refractivity contribution in [1.82, 2.24) is 0 Å². The molecule has 0 bridgehead atoms. The highest BCUT2D eigenvalue weighted by Crippen LogP contribution is 2.50. The Hall–Kier alpha value is 0.0700. The van der Waals surface area contributed by atoms with E-state index >= 15 is 0 Å². The SMILES string of the molecule is CC(C)(C(N)O)P(=O)(O)O. The Balaban J connectivity index is 4.58. The van der Waals surface area contributed by atoms with E-state index in [-0.39, 0.29) is 0 Å². The molecule has 0 fully saturated rings. The van der Waals surface area contributed by atoms with E-state index < -0.39 is 19.0 Å². The summed E-state index contributed by atoms with van der Waals surface area (Å²) < 4.78 is 10.5. The lowest BCUT2D eigenvalue weighted by Crippen LogP contribution is -2.42. The van der Waals surface area contributed by atoms with Crippen LogP contribution < -0.4 is 5.73 Å². The lowest BCUT2D eigenvalue weighted by Gasteiger charge is -2.27. The first-order valence-electron chi connectivity index (χ1n) is 2.69. The highest BCUT2D eigenvalue weighted by molar-refractivity contribution is 7.53. The summed E-state index contributed by atoms with van der Waals surface area (Å²) >= 11 is 0.